The van der Waals surface area contributed by atoms with Crippen LogP contribution in [0.2, 0.25) is 0 Å². The van der Waals surface area contributed by atoms with Gasteiger partial charge in [0, 0.05) is 7.05 Å². The molecule has 0 heterocycles. The maximum Gasteiger partial charge on any atom is 0.242 e. The van der Waals surface area contributed by atoms with Crippen LogP contribution in [0.4, 0.5) is 0 Å². The van der Waals surface area contributed by atoms with Crippen molar-refractivity contribution in [3.8, 4) is 0 Å². The number of likely N-dealkylation sites (N-methyl/N-ethyl adjacent to an activating group) is 1. The number of hydrogen-bond acceptors (Lipinski definition) is 3. The van der Waals surface area contributed by atoms with Crippen LogP contribution in [0.5, 0.6) is 0 Å². The second kappa shape index (κ2) is 7.84. The molecule has 0 radical (unpaired) electrons. The third-order valence-corrected chi connectivity index (χ3v) is 2.34. The normalized spacial score (nSPS) is 13.9. The molecule has 0 aromatic heterocycles. The molecule has 0 rings (SSSR count). The van der Waals surface area contributed by atoms with Gasteiger partial charge in [-0.3, -0.25) is 9.59 Å². The summed E-state index contributed by atoms with van der Waals surface area (Å²) >= 11 is 0. The Hall–Kier alpha value is -1.36. The third-order valence-electron chi connectivity index (χ3n) is 2.34. The predicted octanol–water partition coefficient (Wildman–Crippen LogP) is 0.167. The Bertz CT molecular complexity index is 277. The summed E-state index contributed by atoms with van der Waals surface area (Å²) in [4.78, 5) is 23.3. The molecular formula is C12H23N3O2. The molecule has 0 aromatic rings. The highest BCUT2D eigenvalue weighted by Gasteiger charge is 2.23. The van der Waals surface area contributed by atoms with E-state index in [1.54, 1.807) is 13.1 Å². The van der Waals surface area contributed by atoms with Crippen LogP contribution in [0.25, 0.3) is 0 Å². The summed E-state index contributed by atoms with van der Waals surface area (Å²) in [5.41, 5.74) is 5.63. The van der Waals surface area contributed by atoms with Gasteiger partial charge in [0.05, 0.1) is 6.04 Å². The molecular weight excluding hydrogens is 218 g/mol. The lowest BCUT2D eigenvalue weighted by molar-refractivity contribution is -0.129. The lowest BCUT2D eigenvalue weighted by Crippen LogP contribution is -2.51. The molecule has 5 nitrogen and oxygen atoms in total. The van der Waals surface area contributed by atoms with Gasteiger partial charge in [0.1, 0.15) is 6.04 Å². The van der Waals surface area contributed by atoms with E-state index in [2.05, 4.69) is 17.2 Å². The first-order valence-electron chi connectivity index (χ1n) is 5.80. The molecule has 98 valence electrons. The lowest BCUT2D eigenvalue weighted by atomic mass is 10.0. The van der Waals surface area contributed by atoms with Crippen molar-refractivity contribution in [3.05, 3.63) is 12.7 Å². The van der Waals surface area contributed by atoms with E-state index in [9.17, 15) is 9.59 Å². The minimum Gasteiger partial charge on any atom is -0.357 e. The smallest absolute Gasteiger partial charge is 0.242 e. The molecule has 0 saturated heterocycles. The van der Waals surface area contributed by atoms with Gasteiger partial charge in [-0.1, -0.05) is 19.9 Å². The van der Waals surface area contributed by atoms with Crippen LogP contribution in [-0.2, 0) is 9.59 Å². The zero-order chi connectivity index (χ0) is 13.4. The van der Waals surface area contributed by atoms with Crippen molar-refractivity contribution in [1.29, 1.82) is 0 Å². The van der Waals surface area contributed by atoms with Crippen molar-refractivity contribution in [2.45, 2.75) is 38.8 Å². The Morgan fingerprint density at radius 2 is 1.94 bits per heavy atom. The molecule has 0 bridgehead atoms. The topological polar surface area (TPSA) is 84.2 Å². The second-order valence-electron chi connectivity index (χ2n) is 4.44. The fourth-order valence-corrected chi connectivity index (χ4v) is 1.44. The van der Waals surface area contributed by atoms with Gasteiger partial charge in [-0.15, -0.1) is 6.58 Å². The first-order chi connectivity index (χ1) is 7.92. The van der Waals surface area contributed by atoms with Crippen LogP contribution in [0.15, 0.2) is 12.7 Å². The van der Waals surface area contributed by atoms with Crippen LogP contribution in [0.3, 0.4) is 0 Å². The van der Waals surface area contributed by atoms with E-state index in [0.717, 1.165) is 0 Å². The van der Waals surface area contributed by atoms with E-state index in [0.29, 0.717) is 18.8 Å². The monoisotopic (exact) mass is 241 g/mol. The number of rotatable bonds is 7. The van der Waals surface area contributed by atoms with E-state index < -0.39 is 12.1 Å². The van der Waals surface area contributed by atoms with Gasteiger partial charge in [0.25, 0.3) is 0 Å². The summed E-state index contributed by atoms with van der Waals surface area (Å²) in [5, 5.41) is 5.19. The number of carbonyl (C=O) groups is 2. The van der Waals surface area contributed by atoms with Crippen molar-refractivity contribution in [2.75, 3.05) is 7.05 Å². The highest BCUT2D eigenvalue weighted by Crippen LogP contribution is 2.05. The van der Waals surface area contributed by atoms with Crippen LogP contribution in [-0.4, -0.2) is 30.9 Å². The molecule has 0 aliphatic rings. The van der Waals surface area contributed by atoms with Crippen molar-refractivity contribution >= 4 is 11.8 Å². The SMILES string of the molecule is C=CCC(N)C(=O)NC(CC(C)C)C(=O)NC. The Balaban J connectivity index is 4.46. The van der Waals surface area contributed by atoms with E-state index in [-0.39, 0.29) is 11.8 Å². The molecule has 0 aromatic carbocycles. The van der Waals surface area contributed by atoms with Gasteiger partial charge < -0.3 is 16.4 Å². The fraction of sp³-hybridized carbons (Fsp3) is 0.667. The minimum absolute atomic E-state index is 0.196. The zero-order valence-electron chi connectivity index (χ0n) is 10.8. The van der Waals surface area contributed by atoms with Gasteiger partial charge in [-0.05, 0) is 18.8 Å². The molecule has 2 unspecified atom stereocenters. The van der Waals surface area contributed by atoms with Crippen LogP contribution < -0.4 is 16.4 Å². The number of amides is 2. The van der Waals surface area contributed by atoms with E-state index in [4.69, 9.17) is 5.73 Å². The fourth-order valence-electron chi connectivity index (χ4n) is 1.44. The second-order valence-corrected chi connectivity index (χ2v) is 4.44. The van der Waals surface area contributed by atoms with Gasteiger partial charge in [0.15, 0.2) is 0 Å². The molecule has 2 amide bonds. The highest BCUT2D eigenvalue weighted by molar-refractivity contribution is 5.89. The molecule has 0 saturated carbocycles. The molecule has 0 aliphatic carbocycles. The number of nitrogens with two attached hydrogens (primary N) is 1. The average molecular weight is 241 g/mol. The van der Waals surface area contributed by atoms with Crippen LogP contribution >= 0.6 is 0 Å². The van der Waals surface area contributed by atoms with Gasteiger partial charge in [0.2, 0.25) is 11.8 Å². The van der Waals surface area contributed by atoms with Gasteiger partial charge >= 0.3 is 0 Å². The number of hydrogen-bond donors (Lipinski definition) is 3. The summed E-state index contributed by atoms with van der Waals surface area (Å²) in [6.07, 6.45) is 2.57. The molecule has 4 N–H and O–H groups in total. The molecule has 0 spiro atoms. The quantitative estimate of drug-likeness (QED) is 0.555. The summed E-state index contributed by atoms with van der Waals surface area (Å²) in [6, 6.07) is -1.17. The van der Waals surface area contributed by atoms with E-state index in [1.165, 1.54) is 0 Å². The van der Waals surface area contributed by atoms with E-state index >= 15 is 0 Å². The van der Waals surface area contributed by atoms with E-state index in [1.807, 2.05) is 13.8 Å². The maximum atomic E-state index is 11.7. The molecule has 17 heavy (non-hydrogen) atoms. The number of carbonyl (C=O) groups excluding carboxylic acids is 2. The first kappa shape index (κ1) is 15.6. The standard InChI is InChI=1S/C12H23N3O2/c1-5-6-9(13)11(16)15-10(7-8(2)3)12(17)14-4/h5,8-10H,1,6-7,13H2,2-4H3,(H,14,17)(H,15,16). The van der Waals surface area contributed by atoms with Crippen molar-refractivity contribution < 1.29 is 9.59 Å². The Morgan fingerprint density at radius 3 is 2.35 bits per heavy atom. The van der Waals surface area contributed by atoms with Crippen molar-refractivity contribution in [3.63, 3.8) is 0 Å². The summed E-state index contributed by atoms with van der Waals surface area (Å²) < 4.78 is 0. The largest absolute Gasteiger partial charge is 0.357 e. The lowest BCUT2D eigenvalue weighted by Gasteiger charge is -2.20. The van der Waals surface area contributed by atoms with Gasteiger partial charge in [-0.25, -0.2) is 0 Å². The molecule has 0 aliphatic heterocycles. The van der Waals surface area contributed by atoms with Crippen molar-refractivity contribution in [1.82, 2.24) is 10.6 Å². The first-order valence-corrected chi connectivity index (χ1v) is 5.80. The summed E-state index contributed by atoms with van der Waals surface area (Å²) in [5.74, 6) is -0.203. The number of nitrogens with one attached hydrogen (secondary N) is 2. The summed E-state index contributed by atoms with van der Waals surface area (Å²) in [6.45, 7) is 7.51. The minimum atomic E-state index is -0.646. The highest BCUT2D eigenvalue weighted by atomic mass is 16.2. The van der Waals surface area contributed by atoms with Crippen molar-refractivity contribution in [2.24, 2.45) is 11.7 Å². The maximum absolute atomic E-state index is 11.7. The van der Waals surface area contributed by atoms with Crippen LogP contribution in [0, 0.1) is 5.92 Å². The van der Waals surface area contributed by atoms with Gasteiger partial charge in [-0.2, -0.15) is 0 Å². The zero-order valence-corrected chi connectivity index (χ0v) is 10.8. The summed E-state index contributed by atoms with van der Waals surface area (Å²) in [7, 11) is 1.55. The molecule has 5 heteroatoms. The third kappa shape index (κ3) is 6.06. The molecule has 2 atom stereocenters. The Kier molecular flexibility index (Phi) is 7.21. The Morgan fingerprint density at radius 1 is 1.35 bits per heavy atom. The molecule has 0 fully saturated rings. The van der Waals surface area contributed by atoms with Crippen LogP contribution in [0.1, 0.15) is 26.7 Å². The Labute approximate surface area is 103 Å². The average Bonchev–Trinajstić information content (AvgIpc) is 2.26. The predicted molar refractivity (Wildman–Crippen MR) is 68.2 cm³/mol.